The maximum Gasteiger partial charge on any atom is 0.144 e. The molecule has 1 rings (SSSR count). The number of alkyl halides is 1. The Morgan fingerprint density at radius 2 is 2.33 bits per heavy atom. The van der Waals surface area contributed by atoms with Crippen molar-refractivity contribution >= 4 is 44.9 Å². The van der Waals surface area contributed by atoms with E-state index < -0.39 is 0 Å². The summed E-state index contributed by atoms with van der Waals surface area (Å²) >= 11 is 15.3. The minimum absolute atomic E-state index is 0.215. The van der Waals surface area contributed by atoms with Gasteiger partial charge in [0, 0.05) is 22.6 Å². The van der Waals surface area contributed by atoms with Crippen LogP contribution in [0.25, 0.3) is 0 Å². The average molecular weight is 312 g/mol. The molecule has 5 heteroatoms. The van der Waals surface area contributed by atoms with Crippen LogP contribution >= 0.6 is 39.1 Å². The van der Waals surface area contributed by atoms with Crippen LogP contribution in [-0.2, 0) is 0 Å². The molecule has 0 fully saturated rings. The third-order valence-electron chi connectivity index (χ3n) is 2.00. The lowest BCUT2D eigenvalue weighted by Gasteiger charge is -2.09. The van der Waals surface area contributed by atoms with Crippen molar-refractivity contribution in [1.82, 2.24) is 4.98 Å². The van der Waals surface area contributed by atoms with Crippen LogP contribution in [0, 0.1) is 0 Å². The molecular formula is C10H13BrCl2N2. The fourth-order valence-electron chi connectivity index (χ4n) is 1.10. The highest BCUT2D eigenvalue weighted by Crippen LogP contribution is 2.22. The van der Waals surface area contributed by atoms with Gasteiger partial charge in [-0.1, -0.05) is 18.5 Å². The molecule has 1 aromatic heterocycles. The van der Waals surface area contributed by atoms with Crippen molar-refractivity contribution in [2.24, 2.45) is 0 Å². The van der Waals surface area contributed by atoms with Crippen LogP contribution in [0.3, 0.4) is 0 Å². The van der Waals surface area contributed by atoms with Crippen LogP contribution in [0.2, 0.25) is 5.02 Å². The van der Waals surface area contributed by atoms with E-state index in [2.05, 4.69) is 33.2 Å². The predicted octanol–water partition coefficient (Wildman–Crippen LogP) is 4.32. The van der Waals surface area contributed by atoms with Crippen molar-refractivity contribution in [2.75, 3.05) is 11.9 Å². The Morgan fingerprint density at radius 3 is 2.93 bits per heavy atom. The lowest BCUT2D eigenvalue weighted by atomic mass is 10.2. The van der Waals surface area contributed by atoms with Gasteiger partial charge in [-0.2, -0.15) is 0 Å². The van der Waals surface area contributed by atoms with Gasteiger partial charge in [-0.3, -0.25) is 0 Å². The van der Waals surface area contributed by atoms with E-state index in [1.54, 1.807) is 6.20 Å². The molecule has 0 aliphatic rings. The standard InChI is InChI=1S/C10H13BrCl2N2/c1-2-8(12)3-4-14-10-9(13)5-7(11)6-15-10/h5-6,8H,2-4H2,1H3,(H,14,15). The largest absolute Gasteiger partial charge is 0.369 e. The van der Waals surface area contributed by atoms with Gasteiger partial charge in [0.05, 0.1) is 5.02 Å². The summed E-state index contributed by atoms with van der Waals surface area (Å²) in [6.07, 6.45) is 3.60. The Kier molecular flexibility index (Phi) is 5.72. The van der Waals surface area contributed by atoms with E-state index in [-0.39, 0.29) is 5.38 Å². The van der Waals surface area contributed by atoms with Gasteiger partial charge in [-0.05, 0) is 34.8 Å². The summed E-state index contributed by atoms with van der Waals surface area (Å²) in [4.78, 5) is 4.17. The summed E-state index contributed by atoms with van der Waals surface area (Å²) in [5.74, 6) is 0.708. The number of hydrogen-bond donors (Lipinski definition) is 1. The van der Waals surface area contributed by atoms with Gasteiger partial charge < -0.3 is 5.32 Å². The van der Waals surface area contributed by atoms with Gasteiger partial charge in [0.25, 0.3) is 0 Å². The monoisotopic (exact) mass is 310 g/mol. The van der Waals surface area contributed by atoms with Crippen LogP contribution in [0.5, 0.6) is 0 Å². The first-order valence-corrected chi connectivity index (χ1v) is 6.43. The van der Waals surface area contributed by atoms with Crippen LogP contribution in [0.15, 0.2) is 16.7 Å². The minimum atomic E-state index is 0.215. The van der Waals surface area contributed by atoms with E-state index >= 15 is 0 Å². The fraction of sp³-hybridized carbons (Fsp3) is 0.500. The molecule has 0 spiro atoms. The van der Waals surface area contributed by atoms with E-state index in [1.807, 2.05) is 6.07 Å². The minimum Gasteiger partial charge on any atom is -0.369 e. The van der Waals surface area contributed by atoms with Crippen molar-refractivity contribution in [3.05, 3.63) is 21.8 Å². The van der Waals surface area contributed by atoms with Crippen molar-refractivity contribution in [3.63, 3.8) is 0 Å². The Hall–Kier alpha value is 0.01000. The molecule has 15 heavy (non-hydrogen) atoms. The Labute approximate surface area is 108 Å². The fourth-order valence-corrected chi connectivity index (χ4v) is 1.90. The molecule has 1 N–H and O–H groups in total. The van der Waals surface area contributed by atoms with Crippen LogP contribution in [0.4, 0.5) is 5.82 Å². The van der Waals surface area contributed by atoms with Crippen molar-refractivity contribution in [2.45, 2.75) is 25.1 Å². The third-order valence-corrected chi connectivity index (χ3v) is 3.25. The molecule has 1 atom stereocenters. The highest BCUT2D eigenvalue weighted by molar-refractivity contribution is 9.10. The molecule has 0 aromatic carbocycles. The molecule has 0 bridgehead atoms. The number of rotatable bonds is 5. The maximum atomic E-state index is 6.00. The zero-order chi connectivity index (χ0) is 11.3. The number of nitrogens with zero attached hydrogens (tertiary/aromatic N) is 1. The number of nitrogens with one attached hydrogen (secondary N) is 1. The molecule has 0 saturated carbocycles. The SMILES string of the molecule is CCC(Cl)CCNc1ncc(Br)cc1Cl. The van der Waals surface area contributed by atoms with Crippen molar-refractivity contribution in [3.8, 4) is 0 Å². The quantitative estimate of drug-likeness (QED) is 0.819. The Balaban J connectivity index is 2.44. The molecule has 1 heterocycles. The number of hydrogen-bond acceptors (Lipinski definition) is 2. The summed E-state index contributed by atoms with van der Waals surface area (Å²) in [5, 5.41) is 3.99. The first-order valence-electron chi connectivity index (χ1n) is 4.82. The lowest BCUT2D eigenvalue weighted by Crippen LogP contribution is -2.09. The molecule has 0 aliphatic carbocycles. The predicted molar refractivity (Wildman–Crippen MR) is 70.0 cm³/mol. The highest BCUT2D eigenvalue weighted by atomic mass is 79.9. The van der Waals surface area contributed by atoms with Gasteiger partial charge >= 0.3 is 0 Å². The zero-order valence-electron chi connectivity index (χ0n) is 8.43. The molecule has 0 aliphatic heterocycles. The van der Waals surface area contributed by atoms with Gasteiger partial charge in [-0.25, -0.2) is 4.98 Å². The molecule has 0 amide bonds. The first kappa shape index (κ1) is 13.1. The second-order valence-electron chi connectivity index (χ2n) is 3.20. The van der Waals surface area contributed by atoms with Crippen LogP contribution < -0.4 is 5.32 Å². The Morgan fingerprint density at radius 1 is 1.60 bits per heavy atom. The number of aromatic nitrogens is 1. The second-order valence-corrected chi connectivity index (χ2v) is 5.15. The molecule has 1 aromatic rings. The van der Waals surface area contributed by atoms with Crippen LogP contribution in [0.1, 0.15) is 19.8 Å². The molecule has 84 valence electrons. The van der Waals surface area contributed by atoms with E-state index in [0.29, 0.717) is 10.8 Å². The Bertz CT molecular complexity index is 320. The zero-order valence-corrected chi connectivity index (χ0v) is 11.5. The van der Waals surface area contributed by atoms with Gasteiger partial charge in [0.1, 0.15) is 5.82 Å². The number of anilines is 1. The van der Waals surface area contributed by atoms with E-state index in [1.165, 1.54) is 0 Å². The highest BCUT2D eigenvalue weighted by Gasteiger charge is 2.04. The van der Waals surface area contributed by atoms with E-state index in [0.717, 1.165) is 23.9 Å². The van der Waals surface area contributed by atoms with Gasteiger partial charge in [0.2, 0.25) is 0 Å². The molecule has 2 nitrogen and oxygen atoms in total. The van der Waals surface area contributed by atoms with E-state index in [9.17, 15) is 0 Å². The summed E-state index contributed by atoms with van der Waals surface area (Å²) < 4.78 is 0.877. The summed E-state index contributed by atoms with van der Waals surface area (Å²) in [6.45, 7) is 2.86. The average Bonchev–Trinajstić information content (AvgIpc) is 2.21. The molecule has 0 radical (unpaired) electrons. The van der Waals surface area contributed by atoms with Crippen molar-refractivity contribution in [1.29, 1.82) is 0 Å². The summed E-state index contributed by atoms with van der Waals surface area (Å²) in [5.41, 5.74) is 0. The maximum absolute atomic E-state index is 6.00. The van der Waals surface area contributed by atoms with Crippen molar-refractivity contribution < 1.29 is 0 Å². The van der Waals surface area contributed by atoms with Gasteiger partial charge in [-0.15, -0.1) is 11.6 Å². The normalized spacial score (nSPS) is 12.5. The lowest BCUT2D eigenvalue weighted by molar-refractivity contribution is 0.752. The number of halogens is 3. The third kappa shape index (κ3) is 4.58. The molecule has 1 unspecified atom stereocenters. The van der Waals surface area contributed by atoms with Crippen LogP contribution in [-0.4, -0.2) is 16.9 Å². The molecular weight excluding hydrogens is 299 g/mol. The summed E-state index contributed by atoms with van der Waals surface area (Å²) in [6, 6.07) is 1.81. The van der Waals surface area contributed by atoms with Gasteiger partial charge in [0.15, 0.2) is 0 Å². The smallest absolute Gasteiger partial charge is 0.144 e. The second kappa shape index (κ2) is 6.56. The first-order chi connectivity index (χ1) is 7.13. The van der Waals surface area contributed by atoms with E-state index in [4.69, 9.17) is 23.2 Å². The topological polar surface area (TPSA) is 24.9 Å². The summed E-state index contributed by atoms with van der Waals surface area (Å²) in [7, 11) is 0. The molecule has 0 saturated heterocycles. The number of pyridine rings is 1.